The average Bonchev–Trinajstić information content (AvgIpc) is 2.19. The molecule has 15 heavy (non-hydrogen) atoms. The minimum absolute atomic E-state index is 0.0917. The van der Waals surface area contributed by atoms with Gasteiger partial charge < -0.3 is 5.32 Å². The molecule has 0 spiro atoms. The topological polar surface area (TPSA) is 46.2 Å². The van der Waals surface area contributed by atoms with E-state index < -0.39 is 5.92 Å². The third kappa shape index (κ3) is 3.20. The fourth-order valence-electron chi connectivity index (χ4n) is 1.41. The third-order valence-electron chi connectivity index (χ3n) is 2.26. The smallest absolute Gasteiger partial charge is 0.234 e. The minimum atomic E-state index is -0.537. The maximum atomic E-state index is 11.7. The van der Waals surface area contributed by atoms with Crippen molar-refractivity contribution in [3.05, 3.63) is 30.3 Å². The van der Waals surface area contributed by atoms with Crippen LogP contribution in [0.1, 0.15) is 20.3 Å². The summed E-state index contributed by atoms with van der Waals surface area (Å²) < 4.78 is 0. The van der Waals surface area contributed by atoms with Gasteiger partial charge in [-0.05, 0) is 25.5 Å². The Morgan fingerprint density at radius 1 is 1.27 bits per heavy atom. The second kappa shape index (κ2) is 5.29. The summed E-state index contributed by atoms with van der Waals surface area (Å²) in [5.74, 6) is -0.854. The van der Waals surface area contributed by atoms with Gasteiger partial charge in [0, 0.05) is 5.69 Å². The number of anilines is 1. The Kier molecular flexibility index (Phi) is 4.03. The largest absolute Gasteiger partial charge is 0.325 e. The quantitative estimate of drug-likeness (QED) is 0.766. The molecule has 0 aliphatic rings. The van der Waals surface area contributed by atoms with Crippen LogP contribution < -0.4 is 5.32 Å². The molecule has 1 N–H and O–H groups in total. The van der Waals surface area contributed by atoms with Crippen molar-refractivity contribution < 1.29 is 9.59 Å². The van der Waals surface area contributed by atoms with Gasteiger partial charge in [-0.1, -0.05) is 25.1 Å². The molecule has 0 aromatic heterocycles. The van der Waals surface area contributed by atoms with E-state index in [-0.39, 0.29) is 11.7 Å². The first kappa shape index (κ1) is 11.4. The van der Waals surface area contributed by atoms with Gasteiger partial charge in [0.15, 0.2) is 0 Å². The van der Waals surface area contributed by atoms with E-state index in [1.807, 2.05) is 25.1 Å². The highest BCUT2D eigenvalue weighted by Gasteiger charge is 2.20. The minimum Gasteiger partial charge on any atom is -0.325 e. The molecule has 80 valence electrons. The van der Waals surface area contributed by atoms with E-state index in [0.717, 1.165) is 5.69 Å². The normalized spacial score (nSPS) is 11.9. The number of carbonyl (C=O) groups is 2. The van der Waals surface area contributed by atoms with Crippen molar-refractivity contribution >= 4 is 17.4 Å². The number of carbonyl (C=O) groups excluding carboxylic acids is 2. The van der Waals surface area contributed by atoms with Gasteiger partial charge in [-0.25, -0.2) is 0 Å². The molecule has 0 bridgehead atoms. The van der Waals surface area contributed by atoms with E-state index in [0.29, 0.717) is 6.42 Å². The predicted octanol–water partition coefficient (Wildman–Crippen LogP) is 2.24. The van der Waals surface area contributed by atoms with Gasteiger partial charge in [-0.15, -0.1) is 0 Å². The molecule has 1 atom stereocenters. The van der Waals surface area contributed by atoms with Crippen LogP contribution >= 0.6 is 0 Å². The molecule has 1 unspecified atom stereocenters. The highest BCUT2D eigenvalue weighted by molar-refractivity contribution is 6.06. The van der Waals surface area contributed by atoms with Crippen molar-refractivity contribution in [2.75, 3.05) is 5.32 Å². The lowest BCUT2D eigenvalue weighted by molar-refractivity contribution is -0.129. The van der Waals surface area contributed by atoms with Crippen LogP contribution in [0.5, 0.6) is 0 Å². The molecular weight excluding hydrogens is 190 g/mol. The Morgan fingerprint density at radius 2 is 1.87 bits per heavy atom. The maximum absolute atomic E-state index is 11.7. The molecule has 0 saturated carbocycles. The Balaban J connectivity index is 2.66. The Morgan fingerprint density at radius 3 is 2.33 bits per heavy atom. The lowest BCUT2D eigenvalue weighted by atomic mass is 10.0. The summed E-state index contributed by atoms with van der Waals surface area (Å²) in [6, 6.07) is 9.14. The number of ketones is 1. The molecular formula is C12H15NO2. The molecule has 1 aromatic rings. The van der Waals surface area contributed by atoms with Crippen LogP contribution in [-0.4, -0.2) is 11.7 Å². The SMILES string of the molecule is CCC(C(C)=O)C(=O)Nc1ccccc1. The summed E-state index contributed by atoms with van der Waals surface area (Å²) in [4.78, 5) is 22.8. The average molecular weight is 205 g/mol. The summed E-state index contributed by atoms with van der Waals surface area (Å²) in [6.07, 6.45) is 0.536. The molecule has 1 amide bonds. The van der Waals surface area contributed by atoms with Gasteiger partial charge in [0.05, 0.1) is 5.92 Å². The maximum Gasteiger partial charge on any atom is 0.234 e. The van der Waals surface area contributed by atoms with Crippen LogP contribution in [0.15, 0.2) is 30.3 Å². The summed E-state index contributed by atoms with van der Waals surface area (Å²) in [5.41, 5.74) is 0.724. The lowest BCUT2D eigenvalue weighted by Gasteiger charge is -2.11. The van der Waals surface area contributed by atoms with Gasteiger partial charge in [0.1, 0.15) is 5.78 Å². The number of hydrogen-bond donors (Lipinski definition) is 1. The van der Waals surface area contributed by atoms with Crippen LogP contribution in [0.4, 0.5) is 5.69 Å². The zero-order chi connectivity index (χ0) is 11.3. The van der Waals surface area contributed by atoms with E-state index in [1.54, 1.807) is 12.1 Å². The first-order valence-corrected chi connectivity index (χ1v) is 5.01. The molecule has 0 fully saturated rings. The van der Waals surface area contributed by atoms with Crippen molar-refractivity contribution in [2.45, 2.75) is 20.3 Å². The van der Waals surface area contributed by atoms with Crippen LogP contribution in [-0.2, 0) is 9.59 Å². The first-order valence-electron chi connectivity index (χ1n) is 5.01. The number of amides is 1. The number of benzene rings is 1. The Bertz CT molecular complexity index is 346. The van der Waals surface area contributed by atoms with Crippen molar-refractivity contribution in [3.8, 4) is 0 Å². The molecule has 0 aliphatic carbocycles. The van der Waals surface area contributed by atoms with Gasteiger partial charge in [0.25, 0.3) is 0 Å². The van der Waals surface area contributed by atoms with Crippen molar-refractivity contribution in [3.63, 3.8) is 0 Å². The van der Waals surface area contributed by atoms with Crippen LogP contribution in [0, 0.1) is 5.92 Å². The molecule has 1 rings (SSSR count). The van der Waals surface area contributed by atoms with Gasteiger partial charge >= 0.3 is 0 Å². The highest BCUT2D eigenvalue weighted by Crippen LogP contribution is 2.10. The van der Waals surface area contributed by atoms with Crippen molar-refractivity contribution in [1.82, 2.24) is 0 Å². The van der Waals surface area contributed by atoms with E-state index in [2.05, 4.69) is 5.32 Å². The Hall–Kier alpha value is -1.64. The molecule has 3 nitrogen and oxygen atoms in total. The molecule has 3 heteroatoms. The van der Waals surface area contributed by atoms with Crippen LogP contribution in [0.25, 0.3) is 0 Å². The van der Waals surface area contributed by atoms with Crippen LogP contribution in [0.2, 0.25) is 0 Å². The van der Waals surface area contributed by atoms with Gasteiger partial charge in [-0.2, -0.15) is 0 Å². The lowest BCUT2D eigenvalue weighted by Crippen LogP contribution is -2.27. The zero-order valence-corrected chi connectivity index (χ0v) is 8.99. The third-order valence-corrected chi connectivity index (χ3v) is 2.26. The number of hydrogen-bond acceptors (Lipinski definition) is 2. The highest BCUT2D eigenvalue weighted by atomic mass is 16.2. The fraction of sp³-hybridized carbons (Fsp3) is 0.333. The monoisotopic (exact) mass is 205 g/mol. The summed E-state index contributed by atoms with van der Waals surface area (Å²) in [5, 5.41) is 2.71. The predicted molar refractivity (Wildman–Crippen MR) is 59.5 cm³/mol. The first-order chi connectivity index (χ1) is 7.15. The molecule has 0 radical (unpaired) electrons. The summed E-state index contributed by atoms with van der Waals surface area (Å²) in [7, 11) is 0. The van der Waals surface area contributed by atoms with Gasteiger partial charge in [0.2, 0.25) is 5.91 Å². The molecule has 1 aromatic carbocycles. The van der Waals surface area contributed by atoms with E-state index in [9.17, 15) is 9.59 Å². The van der Waals surface area contributed by atoms with Crippen LogP contribution in [0.3, 0.4) is 0 Å². The molecule has 0 heterocycles. The second-order valence-corrected chi connectivity index (χ2v) is 3.43. The van der Waals surface area contributed by atoms with Crippen molar-refractivity contribution in [1.29, 1.82) is 0 Å². The molecule has 0 aliphatic heterocycles. The van der Waals surface area contributed by atoms with Gasteiger partial charge in [-0.3, -0.25) is 9.59 Å². The molecule has 0 saturated heterocycles. The number of para-hydroxylation sites is 1. The zero-order valence-electron chi connectivity index (χ0n) is 8.99. The van der Waals surface area contributed by atoms with E-state index in [4.69, 9.17) is 0 Å². The standard InChI is InChI=1S/C12H15NO2/c1-3-11(9(2)14)12(15)13-10-7-5-4-6-8-10/h4-8,11H,3H2,1-2H3,(H,13,15). The Labute approximate surface area is 89.5 Å². The second-order valence-electron chi connectivity index (χ2n) is 3.43. The fourth-order valence-corrected chi connectivity index (χ4v) is 1.41. The number of Topliss-reactive ketones (excluding diaryl/α,β-unsaturated/α-hetero) is 1. The number of rotatable bonds is 4. The van der Waals surface area contributed by atoms with E-state index >= 15 is 0 Å². The van der Waals surface area contributed by atoms with E-state index in [1.165, 1.54) is 6.92 Å². The summed E-state index contributed by atoms with van der Waals surface area (Å²) in [6.45, 7) is 3.27. The van der Waals surface area contributed by atoms with Crippen molar-refractivity contribution in [2.24, 2.45) is 5.92 Å². The number of nitrogens with one attached hydrogen (secondary N) is 1. The summed E-state index contributed by atoms with van der Waals surface area (Å²) >= 11 is 0.